The SMILES string of the molecule is CCCCCCCCC=CCCCCCCCCSCCCl. The lowest BCUT2D eigenvalue weighted by Gasteiger charge is -2.01. The van der Waals surface area contributed by atoms with Gasteiger partial charge in [-0.05, 0) is 37.9 Å². The Morgan fingerprint density at radius 2 is 1.14 bits per heavy atom. The van der Waals surface area contributed by atoms with Gasteiger partial charge in [0.25, 0.3) is 0 Å². The zero-order valence-corrected chi connectivity index (χ0v) is 16.5. The molecule has 0 spiro atoms. The van der Waals surface area contributed by atoms with Gasteiger partial charge in [0.2, 0.25) is 0 Å². The number of thioether (sulfide) groups is 1. The van der Waals surface area contributed by atoms with E-state index in [2.05, 4.69) is 19.1 Å². The van der Waals surface area contributed by atoms with E-state index in [9.17, 15) is 0 Å². The lowest BCUT2D eigenvalue weighted by Crippen LogP contribution is -1.85. The summed E-state index contributed by atoms with van der Waals surface area (Å²) in [6, 6.07) is 0. The summed E-state index contributed by atoms with van der Waals surface area (Å²) in [6.45, 7) is 2.28. The van der Waals surface area contributed by atoms with Crippen LogP contribution in [0.2, 0.25) is 0 Å². The van der Waals surface area contributed by atoms with Crippen molar-refractivity contribution < 1.29 is 0 Å². The van der Waals surface area contributed by atoms with E-state index in [0.29, 0.717) is 0 Å². The Labute approximate surface area is 149 Å². The van der Waals surface area contributed by atoms with Gasteiger partial charge in [0.1, 0.15) is 0 Å². The highest BCUT2D eigenvalue weighted by Crippen LogP contribution is 2.11. The van der Waals surface area contributed by atoms with Crippen LogP contribution in [0, 0.1) is 0 Å². The van der Waals surface area contributed by atoms with E-state index in [1.165, 1.54) is 95.6 Å². The van der Waals surface area contributed by atoms with E-state index in [4.69, 9.17) is 11.6 Å². The number of hydrogen-bond acceptors (Lipinski definition) is 1. The fraction of sp³-hybridized carbons (Fsp3) is 0.900. The van der Waals surface area contributed by atoms with Crippen molar-refractivity contribution in [2.75, 3.05) is 17.4 Å². The molecule has 132 valence electrons. The second-order valence-electron chi connectivity index (χ2n) is 6.24. The molecule has 0 N–H and O–H groups in total. The summed E-state index contributed by atoms with van der Waals surface area (Å²) in [6.07, 6.45) is 24.3. The molecule has 22 heavy (non-hydrogen) atoms. The van der Waals surface area contributed by atoms with E-state index >= 15 is 0 Å². The highest BCUT2D eigenvalue weighted by Gasteiger charge is 1.92. The summed E-state index contributed by atoms with van der Waals surface area (Å²) < 4.78 is 0. The molecule has 0 fully saturated rings. The van der Waals surface area contributed by atoms with Crippen molar-refractivity contribution in [2.45, 2.75) is 96.8 Å². The lowest BCUT2D eigenvalue weighted by atomic mass is 10.1. The first-order chi connectivity index (χ1) is 10.9. The summed E-state index contributed by atoms with van der Waals surface area (Å²) in [7, 11) is 0. The first-order valence-corrected chi connectivity index (χ1v) is 11.4. The van der Waals surface area contributed by atoms with Crippen LogP contribution in [-0.2, 0) is 0 Å². The van der Waals surface area contributed by atoms with Crippen LogP contribution in [0.5, 0.6) is 0 Å². The lowest BCUT2D eigenvalue weighted by molar-refractivity contribution is 0.607. The summed E-state index contributed by atoms with van der Waals surface area (Å²) in [4.78, 5) is 0. The molecule has 0 radical (unpaired) electrons. The van der Waals surface area contributed by atoms with Gasteiger partial charge in [-0.2, -0.15) is 11.8 Å². The van der Waals surface area contributed by atoms with Crippen LogP contribution >= 0.6 is 23.4 Å². The summed E-state index contributed by atoms with van der Waals surface area (Å²) in [5.41, 5.74) is 0. The molecule has 0 unspecified atom stereocenters. The molecule has 0 aromatic carbocycles. The van der Waals surface area contributed by atoms with Gasteiger partial charge in [-0.3, -0.25) is 0 Å². The van der Waals surface area contributed by atoms with Gasteiger partial charge in [-0.25, -0.2) is 0 Å². The van der Waals surface area contributed by atoms with Crippen molar-refractivity contribution in [2.24, 2.45) is 0 Å². The monoisotopic (exact) mass is 346 g/mol. The molecule has 0 bridgehead atoms. The Morgan fingerprint density at radius 3 is 1.68 bits per heavy atom. The Hall–Kier alpha value is 0.380. The van der Waals surface area contributed by atoms with Crippen molar-refractivity contribution >= 4 is 23.4 Å². The average Bonchev–Trinajstić information content (AvgIpc) is 2.54. The molecule has 0 aliphatic heterocycles. The molecule has 0 rings (SSSR count). The number of allylic oxidation sites excluding steroid dienone is 2. The van der Waals surface area contributed by atoms with Gasteiger partial charge < -0.3 is 0 Å². The standard InChI is InChI=1S/C20H39ClS/c1-2-3-4-5-6-7-8-9-10-11-12-13-14-15-16-17-19-22-20-18-21/h9-10H,2-8,11-20H2,1H3. The molecular weight excluding hydrogens is 308 g/mol. The second kappa shape index (κ2) is 21.4. The molecule has 0 amide bonds. The third-order valence-electron chi connectivity index (χ3n) is 4.02. The molecule has 0 aliphatic carbocycles. The average molecular weight is 347 g/mol. The molecular formula is C20H39ClS. The van der Waals surface area contributed by atoms with Gasteiger partial charge in [0.05, 0.1) is 0 Å². The van der Waals surface area contributed by atoms with E-state index in [0.717, 1.165) is 11.6 Å². The maximum absolute atomic E-state index is 5.65. The van der Waals surface area contributed by atoms with Gasteiger partial charge in [-0.15, -0.1) is 11.6 Å². The van der Waals surface area contributed by atoms with Crippen molar-refractivity contribution in [3.05, 3.63) is 12.2 Å². The quantitative estimate of drug-likeness (QED) is 0.137. The van der Waals surface area contributed by atoms with Gasteiger partial charge in [0.15, 0.2) is 0 Å². The highest BCUT2D eigenvalue weighted by atomic mass is 35.5. The normalized spacial score (nSPS) is 11.5. The van der Waals surface area contributed by atoms with E-state index in [1.807, 2.05) is 11.8 Å². The predicted molar refractivity (Wildman–Crippen MR) is 107 cm³/mol. The van der Waals surface area contributed by atoms with Crippen molar-refractivity contribution in [1.29, 1.82) is 0 Å². The van der Waals surface area contributed by atoms with Crippen molar-refractivity contribution in [3.63, 3.8) is 0 Å². The first-order valence-electron chi connectivity index (χ1n) is 9.70. The third kappa shape index (κ3) is 20.4. The maximum Gasteiger partial charge on any atom is 0.0314 e. The maximum atomic E-state index is 5.65. The van der Waals surface area contributed by atoms with Gasteiger partial charge in [0, 0.05) is 11.6 Å². The minimum Gasteiger partial charge on any atom is -0.161 e. The van der Waals surface area contributed by atoms with E-state index in [1.54, 1.807) is 0 Å². The first kappa shape index (κ1) is 22.4. The van der Waals surface area contributed by atoms with Gasteiger partial charge in [-0.1, -0.05) is 76.9 Å². The van der Waals surface area contributed by atoms with Crippen molar-refractivity contribution in [3.8, 4) is 0 Å². The fourth-order valence-corrected chi connectivity index (χ4v) is 3.66. The zero-order valence-electron chi connectivity index (χ0n) is 15.0. The van der Waals surface area contributed by atoms with Crippen LogP contribution in [0.3, 0.4) is 0 Å². The zero-order chi connectivity index (χ0) is 16.1. The number of alkyl halides is 1. The number of halogens is 1. The second-order valence-corrected chi connectivity index (χ2v) is 7.84. The molecule has 0 aromatic rings. The molecule has 0 atom stereocenters. The molecule has 0 heterocycles. The predicted octanol–water partition coefficient (Wildman–Crippen LogP) is 8.00. The molecule has 0 saturated carbocycles. The molecule has 0 aromatic heterocycles. The smallest absolute Gasteiger partial charge is 0.0314 e. The minimum atomic E-state index is 0.803. The van der Waals surface area contributed by atoms with Crippen LogP contribution in [-0.4, -0.2) is 17.4 Å². The highest BCUT2D eigenvalue weighted by molar-refractivity contribution is 7.99. The number of hydrogen-bond donors (Lipinski definition) is 0. The largest absolute Gasteiger partial charge is 0.161 e. The molecule has 0 saturated heterocycles. The van der Waals surface area contributed by atoms with Crippen LogP contribution in [0.4, 0.5) is 0 Å². The Kier molecular flexibility index (Phi) is 21.7. The Morgan fingerprint density at radius 1 is 0.636 bits per heavy atom. The van der Waals surface area contributed by atoms with E-state index in [-0.39, 0.29) is 0 Å². The molecule has 0 aliphatic rings. The van der Waals surface area contributed by atoms with Crippen LogP contribution in [0.25, 0.3) is 0 Å². The summed E-state index contributed by atoms with van der Waals surface area (Å²) in [5, 5.41) is 0. The van der Waals surface area contributed by atoms with Gasteiger partial charge >= 0.3 is 0 Å². The Bertz CT molecular complexity index is 216. The van der Waals surface area contributed by atoms with Crippen LogP contribution in [0.1, 0.15) is 96.8 Å². The Balaban J connectivity index is 3.02. The van der Waals surface area contributed by atoms with Crippen LogP contribution in [0.15, 0.2) is 12.2 Å². The molecule has 0 nitrogen and oxygen atoms in total. The fourth-order valence-electron chi connectivity index (χ4n) is 2.61. The third-order valence-corrected chi connectivity index (χ3v) is 5.51. The van der Waals surface area contributed by atoms with E-state index < -0.39 is 0 Å². The number of unbranched alkanes of at least 4 members (excludes halogenated alkanes) is 12. The van der Waals surface area contributed by atoms with Crippen molar-refractivity contribution in [1.82, 2.24) is 0 Å². The summed E-state index contributed by atoms with van der Waals surface area (Å²) >= 11 is 7.65. The summed E-state index contributed by atoms with van der Waals surface area (Å²) in [5.74, 6) is 3.22. The molecule has 2 heteroatoms. The minimum absolute atomic E-state index is 0.803. The topological polar surface area (TPSA) is 0 Å². The van der Waals surface area contributed by atoms with Crippen LogP contribution < -0.4 is 0 Å². The number of rotatable bonds is 18.